The van der Waals surface area contributed by atoms with Crippen molar-refractivity contribution in [2.75, 3.05) is 20.1 Å². The lowest BCUT2D eigenvalue weighted by Crippen LogP contribution is -2.47. The van der Waals surface area contributed by atoms with Crippen LogP contribution in [-0.2, 0) is 4.79 Å². The van der Waals surface area contributed by atoms with Gasteiger partial charge in [0.15, 0.2) is 0 Å². The lowest BCUT2D eigenvalue weighted by Gasteiger charge is -2.24. The van der Waals surface area contributed by atoms with Crippen LogP contribution in [-0.4, -0.2) is 49.3 Å². The molecule has 0 spiro atoms. The molecule has 1 aliphatic carbocycles. The van der Waals surface area contributed by atoms with E-state index in [1.54, 1.807) is 0 Å². The molecule has 0 radical (unpaired) electrons. The lowest BCUT2D eigenvalue weighted by molar-refractivity contribution is -0.169. The Morgan fingerprint density at radius 2 is 1.94 bits per heavy atom. The SMILES string of the molecule is CN(CCNC(=O)C(F)(F)C(F)F)C1CCCC1. The Kier molecular flexibility index (Phi) is 5.37. The van der Waals surface area contributed by atoms with Gasteiger partial charge in [0, 0.05) is 19.1 Å². The highest BCUT2D eigenvalue weighted by Gasteiger charge is 2.48. The summed E-state index contributed by atoms with van der Waals surface area (Å²) in [6.07, 6.45) is 0.426. The van der Waals surface area contributed by atoms with Crippen molar-refractivity contribution in [3.8, 4) is 0 Å². The van der Waals surface area contributed by atoms with Crippen molar-refractivity contribution in [3.63, 3.8) is 0 Å². The Balaban J connectivity index is 2.26. The molecule has 0 aromatic rings. The quantitative estimate of drug-likeness (QED) is 0.747. The second-order valence-electron chi connectivity index (χ2n) is 4.60. The Morgan fingerprint density at radius 1 is 1.39 bits per heavy atom. The third-order valence-corrected chi connectivity index (χ3v) is 3.27. The summed E-state index contributed by atoms with van der Waals surface area (Å²) in [4.78, 5) is 12.8. The fraction of sp³-hybridized carbons (Fsp3) is 0.909. The molecule has 1 aliphatic rings. The largest absolute Gasteiger partial charge is 0.383 e. The minimum absolute atomic E-state index is 0.0475. The first-order valence-corrected chi connectivity index (χ1v) is 6.00. The highest BCUT2D eigenvalue weighted by Crippen LogP contribution is 2.23. The average Bonchev–Trinajstić information content (AvgIpc) is 2.81. The van der Waals surface area contributed by atoms with Crippen LogP contribution in [0, 0.1) is 0 Å². The topological polar surface area (TPSA) is 32.3 Å². The zero-order valence-electron chi connectivity index (χ0n) is 10.3. The summed E-state index contributed by atoms with van der Waals surface area (Å²) in [5.74, 6) is -6.51. The molecule has 0 saturated heterocycles. The first-order valence-electron chi connectivity index (χ1n) is 6.00. The first-order chi connectivity index (χ1) is 8.35. The van der Waals surface area contributed by atoms with Crippen LogP contribution in [0.5, 0.6) is 0 Å². The van der Waals surface area contributed by atoms with Gasteiger partial charge in [0.2, 0.25) is 0 Å². The van der Waals surface area contributed by atoms with E-state index < -0.39 is 18.3 Å². The van der Waals surface area contributed by atoms with Crippen LogP contribution in [0.4, 0.5) is 17.6 Å². The molecule has 0 heterocycles. The molecule has 1 N–H and O–H groups in total. The third-order valence-electron chi connectivity index (χ3n) is 3.27. The number of likely N-dealkylation sites (N-methyl/N-ethyl adjacent to an activating group) is 1. The molecular weight excluding hydrogens is 252 g/mol. The number of rotatable bonds is 6. The van der Waals surface area contributed by atoms with Crippen molar-refractivity contribution in [3.05, 3.63) is 0 Å². The normalized spacial score (nSPS) is 17.7. The van der Waals surface area contributed by atoms with Crippen molar-refractivity contribution in [2.45, 2.75) is 44.1 Å². The van der Waals surface area contributed by atoms with Crippen LogP contribution >= 0.6 is 0 Å². The van der Waals surface area contributed by atoms with Crippen LogP contribution in [0.1, 0.15) is 25.7 Å². The van der Waals surface area contributed by atoms with E-state index in [2.05, 4.69) is 0 Å². The Bertz CT molecular complexity index is 280. The molecule has 0 atom stereocenters. The summed E-state index contributed by atoms with van der Waals surface area (Å²) in [5, 5.41) is 1.85. The zero-order chi connectivity index (χ0) is 13.8. The summed E-state index contributed by atoms with van der Waals surface area (Å²) in [5.41, 5.74) is 0. The van der Waals surface area contributed by atoms with Gasteiger partial charge >= 0.3 is 12.3 Å². The van der Waals surface area contributed by atoms with Crippen molar-refractivity contribution in [1.29, 1.82) is 0 Å². The maximum Gasteiger partial charge on any atom is 0.383 e. The summed E-state index contributed by atoms with van der Waals surface area (Å²) in [6.45, 7) is 0.337. The molecule has 106 valence electrons. The number of nitrogens with zero attached hydrogens (tertiary/aromatic N) is 1. The lowest BCUT2D eigenvalue weighted by atomic mass is 10.2. The van der Waals surface area contributed by atoms with E-state index in [0.717, 1.165) is 25.7 Å². The number of hydrogen-bond acceptors (Lipinski definition) is 2. The minimum atomic E-state index is -4.61. The number of halogens is 4. The van der Waals surface area contributed by atoms with E-state index >= 15 is 0 Å². The molecule has 1 fully saturated rings. The number of nitrogens with one attached hydrogen (secondary N) is 1. The van der Waals surface area contributed by atoms with Crippen molar-refractivity contribution in [2.24, 2.45) is 0 Å². The van der Waals surface area contributed by atoms with Crippen LogP contribution in [0.15, 0.2) is 0 Å². The van der Waals surface area contributed by atoms with Gasteiger partial charge in [0.05, 0.1) is 0 Å². The third kappa shape index (κ3) is 3.83. The van der Waals surface area contributed by atoms with Crippen molar-refractivity contribution >= 4 is 5.91 Å². The number of alkyl halides is 4. The van der Waals surface area contributed by atoms with Crippen molar-refractivity contribution in [1.82, 2.24) is 10.2 Å². The molecule has 1 amide bonds. The summed E-state index contributed by atoms with van der Waals surface area (Å²) < 4.78 is 48.9. The predicted octanol–water partition coefficient (Wildman–Crippen LogP) is 1.88. The van der Waals surface area contributed by atoms with Gasteiger partial charge in [0.1, 0.15) is 0 Å². The highest BCUT2D eigenvalue weighted by atomic mass is 19.3. The van der Waals surface area contributed by atoms with E-state index in [1.165, 1.54) is 0 Å². The van der Waals surface area contributed by atoms with E-state index in [4.69, 9.17) is 0 Å². The molecule has 0 aromatic carbocycles. The number of amides is 1. The van der Waals surface area contributed by atoms with Gasteiger partial charge in [-0.05, 0) is 19.9 Å². The van der Waals surface area contributed by atoms with Gasteiger partial charge in [0.25, 0.3) is 5.91 Å². The fourth-order valence-electron chi connectivity index (χ4n) is 2.09. The molecule has 0 unspecified atom stereocenters. The fourth-order valence-corrected chi connectivity index (χ4v) is 2.09. The molecule has 1 rings (SSSR count). The first kappa shape index (κ1) is 15.2. The van der Waals surface area contributed by atoms with Gasteiger partial charge < -0.3 is 10.2 Å². The highest BCUT2D eigenvalue weighted by molar-refractivity contribution is 5.83. The predicted molar refractivity (Wildman–Crippen MR) is 58.8 cm³/mol. The van der Waals surface area contributed by atoms with E-state index in [1.807, 2.05) is 17.3 Å². The Labute approximate surface area is 104 Å². The van der Waals surface area contributed by atoms with Crippen LogP contribution < -0.4 is 5.32 Å². The zero-order valence-corrected chi connectivity index (χ0v) is 10.3. The maximum atomic E-state index is 12.6. The molecule has 7 heteroatoms. The van der Waals surface area contributed by atoms with Gasteiger partial charge in [-0.2, -0.15) is 8.78 Å². The van der Waals surface area contributed by atoms with E-state index in [9.17, 15) is 22.4 Å². The molecule has 0 bridgehead atoms. The average molecular weight is 270 g/mol. The molecule has 18 heavy (non-hydrogen) atoms. The van der Waals surface area contributed by atoms with Gasteiger partial charge in [-0.1, -0.05) is 12.8 Å². The van der Waals surface area contributed by atoms with Crippen LogP contribution in [0.2, 0.25) is 0 Å². The molecule has 0 aliphatic heterocycles. The summed E-state index contributed by atoms with van der Waals surface area (Å²) in [6, 6.07) is 0.400. The van der Waals surface area contributed by atoms with Gasteiger partial charge in [-0.3, -0.25) is 4.79 Å². The smallest absolute Gasteiger partial charge is 0.349 e. The monoisotopic (exact) mass is 270 g/mol. The van der Waals surface area contributed by atoms with E-state index in [-0.39, 0.29) is 6.54 Å². The van der Waals surface area contributed by atoms with E-state index in [0.29, 0.717) is 12.6 Å². The molecular formula is C11H18F4N2O. The molecule has 0 aromatic heterocycles. The number of hydrogen-bond donors (Lipinski definition) is 1. The standard InChI is InChI=1S/C11H18F4N2O/c1-17(8-4-2-3-5-8)7-6-16-10(18)11(14,15)9(12)13/h8-9H,2-7H2,1H3,(H,16,18). The molecule has 1 saturated carbocycles. The van der Waals surface area contributed by atoms with Gasteiger partial charge in [-0.15, -0.1) is 0 Å². The maximum absolute atomic E-state index is 12.6. The van der Waals surface area contributed by atoms with Crippen LogP contribution in [0.25, 0.3) is 0 Å². The number of carbonyl (C=O) groups is 1. The second-order valence-corrected chi connectivity index (χ2v) is 4.60. The Hall–Kier alpha value is -0.850. The van der Waals surface area contributed by atoms with Crippen molar-refractivity contribution < 1.29 is 22.4 Å². The van der Waals surface area contributed by atoms with Crippen LogP contribution in [0.3, 0.4) is 0 Å². The summed E-state index contributed by atoms with van der Waals surface area (Å²) in [7, 11) is 1.84. The molecule has 3 nitrogen and oxygen atoms in total. The minimum Gasteiger partial charge on any atom is -0.349 e. The van der Waals surface area contributed by atoms with Gasteiger partial charge in [-0.25, -0.2) is 8.78 Å². The number of carbonyl (C=O) groups excluding carboxylic acids is 1. The second kappa shape index (κ2) is 6.36. The Morgan fingerprint density at radius 3 is 2.44 bits per heavy atom. The summed E-state index contributed by atoms with van der Waals surface area (Å²) >= 11 is 0.